The van der Waals surface area contributed by atoms with Crippen LogP contribution in [0.1, 0.15) is 54.6 Å². The van der Waals surface area contributed by atoms with Gasteiger partial charge in [-0.25, -0.2) is 14.8 Å². The number of nitrogens with one attached hydrogen (secondary N) is 1. The van der Waals surface area contributed by atoms with Crippen LogP contribution in [0.25, 0.3) is 11.0 Å². The van der Waals surface area contributed by atoms with Crippen molar-refractivity contribution in [1.82, 2.24) is 19.5 Å². The van der Waals surface area contributed by atoms with E-state index in [9.17, 15) is 9.59 Å². The van der Waals surface area contributed by atoms with Gasteiger partial charge in [0.2, 0.25) is 0 Å². The van der Waals surface area contributed by atoms with E-state index < -0.39 is 0 Å². The summed E-state index contributed by atoms with van der Waals surface area (Å²) < 4.78 is 1.67. The first-order chi connectivity index (χ1) is 13.1. The Labute approximate surface area is 160 Å². The smallest absolute Gasteiger partial charge is 0.274 e. The van der Waals surface area contributed by atoms with E-state index >= 15 is 0 Å². The van der Waals surface area contributed by atoms with E-state index in [1.54, 1.807) is 16.3 Å². The Bertz CT molecular complexity index is 1160. The van der Waals surface area contributed by atoms with E-state index in [1.807, 2.05) is 6.07 Å². The lowest BCUT2D eigenvalue weighted by molar-refractivity contribution is 0.691. The molecule has 3 aromatic rings. The molecule has 0 bridgehead atoms. The minimum atomic E-state index is -0.388. The number of aromatic nitrogens is 4. The third-order valence-electron chi connectivity index (χ3n) is 5.08. The van der Waals surface area contributed by atoms with Gasteiger partial charge in [-0.2, -0.15) is 0 Å². The SMILES string of the molecule is Cc1cccc(CSc2nc(C3CC3)nc3c2c(=O)[nH]c(=O)n3C2CC2)c1. The van der Waals surface area contributed by atoms with Crippen LogP contribution in [-0.4, -0.2) is 19.5 Å². The van der Waals surface area contributed by atoms with Gasteiger partial charge in [-0.3, -0.25) is 14.3 Å². The largest absolute Gasteiger partial charge is 0.330 e. The van der Waals surface area contributed by atoms with Gasteiger partial charge in [-0.15, -0.1) is 11.8 Å². The molecule has 1 aromatic carbocycles. The molecule has 0 atom stereocenters. The number of aryl methyl sites for hydroxylation is 1. The van der Waals surface area contributed by atoms with Gasteiger partial charge in [-0.05, 0) is 38.2 Å². The molecule has 0 radical (unpaired) electrons. The van der Waals surface area contributed by atoms with Gasteiger partial charge in [0.15, 0.2) is 5.65 Å². The molecular weight excluding hydrogens is 360 g/mol. The van der Waals surface area contributed by atoms with Crippen LogP contribution in [0.3, 0.4) is 0 Å². The summed E-state index contributed by atoms with van der Waals surface area (Å²) in [4.78, 5) is 36.9. The first kappa shape index (κ1) is 16.7. The summed E-state index contributed by atoms with van der Waals surface area (Å²) in [5.41, 5.74) is 2.16. The van der Waals surface area contributed by atoms with Gasteiger partial charge in [-0.1, -0.05) is 29.8 Å². The van der Waals surface area contributed by atoms with Crippen molar-refractivity contribution < 1.29 is 0 Å². The molecule has 2 heterocycles. The highest BCUT2D eigenvalue weighted by atomic mass is 32.2. The second kappa shape index (κ2) is 6.34. The third kappa shape index (κ3) is 3.20. The van der Waals surface area contributed by atoms with Crippen LogP contribution in [0.5, 0.6) is 0 Å². The highest BCUT2D eigenvalue weighted by molar-refractivity contribution is 7.98. The topological polar surface area (TPSA) is 80.6 Å². The Hall–Kier alpha value is -2.41. The molecule has 1 N–H and O–H groups in total. The van der Waals surface area contributed by atoms with Gasteiger partial charge < -0.3 is 0 Å². The summed E-state index contributed by atoms with van der Waals surface area (Å²) >= 11 is 1.55. The molecule has 2 aromatic heterocycles. The Morgan fingerprint density at radius 3 is 2.70 bits per heavy atom. The van der Waals surface area contributed by atoms with E-state index in [0.29, 0.717) is 22.0 Å². The Kier molecular flexibility index (Phi) is 3.93. The van der Waals surface area contributed by atoms with Crippen LogP contribution >= 0.6 is 11.8 Å². The Balaban J connectivity index is 1.65. The fourth-order valence-corrected chi connectivity index (χ4v) is 4.36. The van der Waals surface area contributed by atoms with Crippen molar-refractivity contribution in [2.45, 2.75) is 55.3 Å². The Morgan fingerprint density at radius 2 is 2.00 bits per heavy atom. The maximum atomic E-state index is 12.6. The summed E-state index contributed by atoms with van der Waals surface area (Å²) in [6.07, 6.45) is 4.06. The van der Waals surface area contributed by atoms with Crippen molar-refractivity contribution in [2.75, 3.05) is 0 Å². The number of benzene rings is 1. The van der Waals surface area contributed by atoms with Crippen LogP contribution < -0.4 is 11.2 Å². The molecule has 5 rings (SSSR count). The number of rotatable bonds is 5. The first-order valence-electron chi connectivity index (χ1n) is 9.35. The number of H-pyrrole nitrogens is 1. The third-order valence-corrected chi connectivity index (χ3v) is 6.13. The maximum absolute atomic E-state index is 12.6. The molecule has 0 saturated heterocycles. The lowest BCUT2D eigenvalue weighted by Gasteiger charge is -2.12. The monoisotopic (exact) mass is 380 g/mol. The van der Waals surface area contributed by atoms with Gasteiger partial charge in [0.05, 0.1) is 0 Å². The quantitative estimate of drug-likeness (QED) is 0.543. The molecule has 2 aliphatic carbocycles. The average molecular weight is 380 g/mol. The molecule has 0 spiro atoms. The molecule has 2 aliphatic rings. The van der Waals surface area contributed by atoms with Crippen molar-refractivity contribution >= 4 is 22.8 Å². The second-order valence-corrected chi connectivity index (χ2v) is 8.46. The molecule has 0 amide bonds. The van der Waals surface area contributed by atoms with Crippen LogP contribution in [0.4, 0.5) is 0 Å². The molecule has 2 saturated carbocycles. The predicted octanol–water partition coefficient (Wildman–Crippen LogP) is 3.29. The molecule has 7 heteroatoms. The van der Waals surface area contributed by atoms with Crippen molar-refractivity contribution in [3.8, 4) is 0 Å². The summed E-state index contributed by atoms with van der Waals surface area (Å²) in [7, 11) is 0. The molecule has 0 unspecified atom stereocenters. The lowest BCUT2D eigenvalue weighted by atomic mass is 10.2. The highest BCUT2D eigenvalue weighted by Crippen LogP contribution is 2.41. The van der Waals surface area contributed by atoms with Gasteiger partial charge in [0, 0.05) is 17.7 Å². The fourth-order valence-electron chi connectivity index (χ4n) is 3.39. The Morgan fingerprint density at radius 1 is 1.19 bits per heavy atom. The minimum Gasteiger partial charge on any atom is -0.274 e. The summed E-state index contributed by atoms with van der Waals surface area (Å²) in [5.74, 6) is 1.85. The van der Waals surface area contributed by atoms with Crippen molar-refractivity contribution in [3.05, 3.63) is 62.1 Å². The maximum Gasteiger partial charge on any atom is 0.330 e. The van der Waals surface area contributed by atoms with Crippen LogP contribution in [0, 0.1) is 6.92 Å². The normalized spacial score (nSPS) is 16.8. The number of fused-ring (bicyclic) bond motifs is 1. The number of thioether (sulfide) groups is 1. The van der Waals surface area contributed by atoms with E-state index in [4.69, 9.17) is 4.98 Å². The summed E-state index contributed by atoms with van der Waals surface area (Å²) in [6, 6.07) is 8.47. The summed E-state index contributed by atoms with van der Waals surface area (Å²) in [6.45, 7) is 2.07. The lowest BCUT2D eigenvalue weighted by Crippen LogP contribution is -2.31. The molecular formula is C20H20N4O2S. The molecule has 6 nitrogen and oxygen atoms in total. The number of hydrogen-bond acceptors (Lipinski definition) is 5. The van der Waals surface area contributed by atoms with Crippen LogP contribution in [0.15, 0.2) is 38.9 Å². The fraction of sp³-hybridized carbons (Fsp3) is 0.400. The van der Waals surface area contributed by atoms with Crippen molar-refractivity contribution in [2.24, 2.45) is 0 Å². The standard InChI is InChI=1S/C20H20N4O2S/c1-11-3-2-4-12(9-11)10-27-19-15-17(21-16(22-19)13-5-6-13)24(14-7-8-14)20(26)23-18(15)25/h2-4,9,13-14H,5-8,10H2,1H3,(H,23,25,26). The van der Waals surface area contributed by atoms with Gasteiger partial charge >= 0.3 is 5.69 Å². The highest BCUT2D eigenvalue weighted by Gasteiger charge is 2.32. The zero-order chi connectivity index (χ0) is 18.5. The molecule has 27 heavy (non-hydrogen) atoms. The van der Waals surface area contributed by atoms with Crippen LogP contribution in [0.2, 0.25) is 0 Å². The average Bonchev–Trinajstić information content (AvgIpc) is 3.52. The van der Waals surface area contributed by atoms with E-state index in [0.717, 1.165) is 37.3 Å². The van der Waals surface area contributed by atoms with E-state index in [2.05, 4.69) is 35.1 Å². The van der Waals surface area contributed by atoms with Crippen molar-refractivity contribution in [3.63, 3.8) is 0 Å². The first-order valence-corrected chi connectivity index (χ1v) is 10.3. The van der Waals surface area contributed by atoms with Crippen LogP contribution in [-0.2, 0) is 5.75 Å². The molecule has 2 fully saturated rings. The predicted molar refractivity (Wildman–Crippen MR) is 105 cm³/mol. The zero-order valence-corrected chi connectivity index (χ0v) is 15.9. The number of aromatic amines is 1. The van der Waals surface area contributed by atoms with Gasteiger partial charge in [0.25, 0.3) is 5.56 Å². The summed E-state index contributed by atoms with van der Waals surface area (Å²) in [5, 5.41) is 1.13. The minimum absolute atomic E-state index is 0.147. The molecule has 0 aliphatic heterocycles. The van der Waals surface area contributed by atoms with E-state index in [1.165, 1.54) is 11.1 Å². The zero-order valence-electron chi connectivity index (χ0n) is 15.1. The number of nitrogens with zero attached hydrogens (tertiary/aromatic N) is 3. The second-order valence-electron chi connectivity index (χ2n) is 7.50. The van der Waals surface area contributed by atoms with Gasteiger partial charge in [0.1, 0.15) is 16.2 Å². The van der Waals surface area contributed by atoms with E-state index in [-0.39, 0.29) is 17.3 Å². The van der Waals surface area contributed by atoms with Crippen molar-refractivity contribution in [1.29, 1.82) is 0 Å². The number of hydrogen-bond donors (Lipinski definition) is 1. The molecule has 138 valence electrons.